The molecule has 1 aromatic rings. The van der Waals surface area contributed by atoms with E-state index < -0.39 is 0 Å². The average Bonchev–Trinajstić information content (AvgIpc) is 2.57. The van der Waals surface area contributed by atoms with E-state index in [4.69, 9.17) is 5.73 Å². The zero-order valence-corrected chi connectivity index (χ0v) is 17.3. The van der Waals surface area contributed by atoms with Gasteiger partial charge in [-0.2, -0.15) is 0 Å². The molecular weight excluding hydrogens is 413 g/mol. The minimum absolute atomic E-state index is 0. The summed E-state index contributed by atoms with van der Waals surface area (Å²) in [4.78, 5) is 11.2. The summed E-state index contributed by atoms with van der Waals surface area (Å²) >= 11 is 0. The SMILES string of the molecule is CN(C)C(CN=C(N)NCCc1ccccn1)C1CCCCC1.I. The van der Waals surface area contributed by atoms with Crippen LogP contribution >= 0.6 is 24.0 Å². The number of nitrogens with two attached hydrogens (primary N) is 1. The second kappa shape index (κ2) is 11.6. The predicted octanol–water partition coefficient (Wildman–Crippen LogP) is 2.66. The zero-order chi connectivity index (χ0) is 16.5. The lowest BCUT2D eigenvalue weighted by atomic mass is 9.83. The van der Waals surface area contributed by atoms with Crippen LogP contribution in [-0.4, -0.2) is 49.1 Å². The number of nitrogens with one attached hydrogen (secondary N) is 1. The summed E-state index contributed by atoms with van der Waals surface area (Å²) in [5.41, 5.74) is 7.09. The number of likely N-dealkylation sites (N-methyl/N-ethyl adjacent to an activating group) is 1. The van der Waals surface area contributed by atoms with Gasteiger partial charge < -0.3 is 16.0 Å². The fraction of sp³-hybridized carbons (Fsp3) is 0.667. The van der Waals surface area contributed by atoms with E-state index in [1.165, 1.54) is 32.1 Å². The summed E-state index contributed by atoms with van der Waals surface area (Å²) in [6.07, 6.45) is 9.43. The first-order chi connectivity index (χ1) is 11.2. The summed E-state index contributed by atoms with van der Waals surface area (Å²) < 4.78 is 0. The molecule has 24 heavy (non-hydrogen) atoms. The minimum Gasteiger partial charge on any atom is -0.370 e. The van der Waals surface area contributed by atoms with Crippen LogP contribution in [0.25, 0.3) is 0 Å². The van der Waals surface area contributed by atoms with Crippen molar-refractivity contribution in [1.82, 2.24) is 15.2 Å². The van der Waals surface area contributed by atoms with Crippen LogP contribution in [0.5, 0.6) is 0 Å². The van der Waals surface area contributed by atoms with Crippen LogP contribution in [0.3, 0.4) is 0 Å². The van der Waals surface area contributed by atoms with Crippen molar-refractivity contribution in [1.29, 1.82) is 0 Å². The van der Waals surface area contributed by atoms with E-state index in [0.29, 0.717) is 12.0 Å². The van der Waals surface area contributed by atoms with Crippen molar-refractivity contribution in [2.24, 2.45) is 16.6 Å². The van der Waals surface area contributed by atoms with Crippen LogP contribution in [0.1, 0.15) is 37.8 Å². The summed E-state index contributed by atoms with van der Waals surface area (Å²) in [7, 11) is 4.30. The monoisotopic (exact) mass is 445 g/mol. The molecule has 6 heteroatoms. The van der Waals surface area contributed by atoms with E-state index in [-0.39, 0.29) is 24.0 Å². The Morgan fingerprint density at radius 3 is 2.71 bits per heavy atom. The molecule has 0 radical (unpaired) electrons. The highest BCUT2D eigenvalue weighted by atomic mass is 127. The highest BCUT2D eigenvalue weighted by Crippen LogP contribution is 2.28. The van der Waals surface area contributed by atoms with Gasteiger partial charge in [0.1, 0.15) is 0 Å². The highest BCUT2D eigenvalue weighted by molar-refractivity contribution is 14.0. The van der Waals surface area contributed by atoms with Crippen molar-refractivity contribution in [2.75, 3.05) is 27.2 Å². The highest BCUT2D eigenvalue weighted by Gasteiger charge is 2.24. The lowest BCUT2D eigenvalue weighted by Crippen LogP contribution is -2.40. The molecule has 1 heterocycles. The second-order valence-corrected chi connectivity index (χ2v) is 6.65. The number of halogens is 1. The number of nitrogens with zero attached hydrogens (tertiary/aromatic N) is 3. The maximum atomic E-state index is 6.02. The Labute approximate surface area is 163 Å². The Bertz CT molecular complexity index is 472. The van der Waals surface area contributed by atoms with Crippen molar-refractivity contribution < 1.29 is 0 Å². The fourth-order valence-corrected chi connectivity index (χ4v) is 3.37. The van der Waals surface area contributed by atoms with E-state index in [2.05, 4.69) is 34.3 Å². The smallest absolute Gasteiger partial charge is 0.188 e. The number of aromatic nitrogens is 1. The van der Waals surface area contributed by atoms with Gasteiger partial charge in [0.15, 0.2) is 5.96 Å². The lowest BCUT2D eigenvalue weighted by Gasteiger charge is -2.33. The van der Waals surface area contributed by atoms with Gasteiger partial charge >= 0.3 is 0 Å². The topological polar surface area (TPSA) is 66.5 Å². The van der Waals surface area contributed by atoms with E-state index in [9.17, 15) is 0 Å². The molecule has 136 valence electrons. The van der Waals surface area contributed by atoms with Gasteiger partial charge in [-0.05, 0) is 45.0 Å². The third-order valence-corrected chi connectivity index (χ3v) is 4.72. The van der Waals surface area contributed by atoms with Gasteiger partial charge in [-0.3, -0.25) is 9.98 Å². The normalized spacial score (nSPS) is 17.4. The Balaban J connectivity index is 0.00000288. The molecule has 0 bridgehead atoms. The predicted molar refractivity (Wildman–Crippen MR) is 112 cm³/mol. The molecular formula is C18H32IN5. The standard InChI is InChI=1S/C18H31N5.HI/c1-23(2)17(15-8-4-3-5-9-15)14-22-18(19)21-13-11-16-10-6-7-12-20-16;/h6-7,10,12,15,17H,3-5,8-9,11,13-14H2,1-2H3,(H3,19,21,22);1H. The van der Waals surface area contributed by atoms with Crippen molar-refractivity contribution in [3.63, 3.8) is 0 Å². The number of rotatable bonds is 7. The number of hydrogen-bond donors (Lipinski definition) is 2. The molecule has 1 saturated carbocycles. The van der Waals surface area contributed by atoms with Crippen LogP contribution in [0.15, 0.2) is 29.4 Å². The Kier molecular flexibility index (Phi) is 10.2. The average molecular weight is 445 g/mol. The summed E-state index contributed by atoms with van der Waals surface area (Å²) in [6, 6.07) is 6.46. The van der Waals surface area contributed by atoms with Crippen LogP contribution in [-0.2, 0) is 6.42 Å². The van der Waals surface area contributed by atoms with Crippen LogP contribution in [0.4, 0.5) is 0 Å². The minimum atomic E-state index is 0. The number of hydrogen-bond acceptors (Lipinski definition) is 3. The summed E-state index contributed by atoms with van der Waals surface area (Å²) in [5, 5.41) is 3.20. The molecule has 1 unspecified atom stereocenters. The van der Waals surface area contributed by atoms with Gasteiger partial charge in [0, 0.05) is 30.9 Å². The molecule has 5 nitrogen and oxygen atoms in total. The molecule has 0 saturated heterocycles. The van der Waals surface area contributed by atoms with E-state index in [0.717, 1.165) is 31.1 Å². The Morgan fingerprint density at radius 2 is 2.08 bits per heavy atom. The molecule has 1 atom stereocenters. The third kappa shape index (κ3) is 7.34. The van der Waals surface area contributed by atoms with Gasteiger partial charge in [-0.1, -0.05) is 25.3 Å². The molecule has 3 N–H and O–H groups in total. The van der Waals surface area contributed by atoms with E-state index in [1.807, 2.05) is 24.4 Å². The number of pyridine rings is 1. The van der Waals surface area contributed by atoms with Crippen LogP contribution < -0.4 is 11.1 Å². The quantitative estimate of drug-likeness (QED) is 0.385. The summed E-state index contributed by atoms with van der Waals surface area (Å²) in [6.45, 7) is 1.54. The Hall–Kier alpha value is -0.890. The molecule has 0 spiro atoms. The van der Waals surface area contributed by atoms with Crippen molar-refractivity contribution in [2.45, 2.75) is 44.6 Å². The first-order valence-corrected chi connectivity index (χ1v) is 8.77. The van der Waals surface area contributed by atoms with Crippen molar-refractivity contribution >= 4 is 29.9 Å². The third-order valence-electron chi connectivity index (χ3n) is 4.72. The zero-order valence-electron chi connectivity index (χ0n) is 14.9. The van der Waals surface area contributed by atoms with Crippen molar-refractivity contribution in [3.8, 4) is 0 Å². The van der Waals surface area contributed by atoms with Gasteiger partial charge in [-0.25, -0.2) is 0 Å². The van der Waals surface area contributed by atoms with Gasteiger partial charge in [0.2, 0.25) is 0 Å². The first-order valence-electron chi connectivity index (χ1n) is 8.77. The molecule has 2 rings (SSSR count). The molecule has 0 amide bonds. The van der Waals surface area contributed by atoms with E-state index in [1.54, 1.807) is 0 Å². The molecule has 1 aliphatic rings. The maximum absolute atomic E-state index is 6.02. The van der Waals surface area contributed by atoms with Gasteiger partial charge in [-0.15, -0.1) is 24.0 Å². The molecule has 1 fully saturated rings. The van der Waals surface area contributed by atoms with Gasteiger partial charge in [0.05, 0.1) is 6.54 Å². The van der Waals surface area contributed by atoms with Crippen molar-refractivity contribution in [3.05, 3.63) is 30.1 Å². The fourth-order valence-electron chi connectivity index (χ4n) is 3.37. The summed E-state index contributed by atoms with van der Waals surface area (Å²) in [5.74, 6) is 1.30. The molecule has 1 aliphatic carbocycles. The molecule has 0 aliphatic heterocycles. The molecule has 1 aromatic heterocycles. The van der Waals surface area contributed by atoms with Gasteiger partial charge in [0.25, 0.3) is 0 Å². The lowest BCUT2D eigenvalue weighted by molar-refractivity contribution is 0.176. The van der Waals surface area contributed by atoms with E-state index >= 15 is 0 Å². The maximum Gasteiger partial charge on any atom is 0.188 e. The second-order valence-electron chi connectivity index (χ2n) is 6.65. The first kappa shape index (κ1) is 21.2. The van der Waals surface area contributed by atoms with Crippen LogP contribution in [0.2, 0.25) is 0 Å². The Morgan fingerprint density at radius 1 is 1.33 bits per heavy atom. The molecule has 0 aromatic carbocycles. The number of aliphatic imine (C=N–C) groups is 1. The number of guanidine groups is 1. The van der Waals surface area contributed by atoms with Crippen LogP contribution in [0, 0.1) is 5.92 Å². The largest absolute Gasteiger partial charge is 0.370 e.